The number of ether oxygens (including phenoxy) is 1. The molecule has 1 aliphatic rings. The Balaban J connectivity index is 2.41. The zero-order chi connectivity index (χ0) is 8.27. The maximum absolute atomic E-state index is 5.70. The van der Waals surface area contributed by atoms with E-state index < -0.39 is 0 Å². The van der Waals surface area contributed by atoms with E-state index in [1.165, 1.54) is 0 Å². The summed E-state index contributed by atoms with van der Waals surface area (Å²) in [6.45, 7) is 4.14. The first-order chi connectivity index (χ1) is 5.27. The van der Waals surface area contributed by atoms with Gasteiger partial charge in [0.05, 0.1) is 6.10 Å². The fourth-order valence-corrected chi connectivity index (χ4v) is 1.74. The molecule has 2 N–H and O–H groups in total. The van der Waals surface area contributed by atoms with Crippen molar-refractivity contribution >= 4 is 0 Å². The van der Waals surface area contributed by atoms with Crippen molar-refractivity contribution in [2.24, 2.45) is 11.8 Å². The molecule has 2 atom stereocenters. The number of nitrogens with zero attached hydrogens (tertiary/aromatic N) is 1. The Morgan fingerprint density at radius 3 is 2.91 bits per heavy atom. The smallest absolute Gasteiger partial charge is 0.0624 e. The van der Waals surface area contributed by atoms with Crippen molar-refractivity contribution in [3.8, 4) is 0 Å². The molecule has 11 heavy (non-hydrogen) atoms. The summed E-state index contributed by atoms with van der Waals surface area (Å²) in [7, 11) is 1.79. The van der Waals surface area contributed by atoms with E-state index >= 15 is 0 Å². The van der Waals surface area contributed by atoms with Crippen LogP contribution in [-0.2, 0) is 4.74 Å². The summed E-state index contributed by atoms with van der Waals surface area (Å²) < 4.78 is 5.36. The highest BCUT2D eigenvalue weighted by atomic mass is 16.5. The molecular formula is C8H18N2O. The largest absolute Gasteiger partial charge is 0.381 e. The second kappa shape index (κ2) is 4.04. The maximum Gasteiger partial charge on any atom is 0.0624 e. The molecule has 0 aromatic rings. The predicted molar refractivity (Wildman–Crippen MR) is 45.0 cm³/mol. The van der Waals surface area contributed by atoms with Gasteiger partial charge in [0.25, 0.3) is 0 Å². The summed E-state index contributed by atoms with van der Waals surface area (Å²) in [5, 5.41) is 1.89. The molecule has 1 heterocycles. The summed E-state index contributed by atoms with van der Waals surface area (Å²) in [6.07, 6.45) is 2.66. The number of nitrogens with two attached hydrogens (primary N) is 1. The minimum absolute atomic E-state index is 0.430. The molecule has 3 nitrogen and oxygen atoms in total. The molecule has 0 bridgehead atoms. The molecule has 1 rings (SSSR count). The second-order valence-electron chi connectivity index (χ2n) is 3.23. The van der Waals surface area contributed by atoms with Crippen LogP contribution in [0.15, 0.2) is 0 Å². The molecule has 66 valence electrons. The van der Waals surface area contributed by atoms with Crippen molar-refractivity contribution < 1.29 is 4.74 Å². The SMILES string of the molecule is CCC1CN(N)CCC1OC. The van der Waals surface area contributed by atoms with E-state index in [-0.39, 0.29) is 0 Å². The van der Waals surface area contributed by atoms with Crippen molar-refractivity contribution in [3.63, 3.8) is 0 Å². The Morgan fingerprint density at radius 2 is 2.36 bits per heavy atom. The van der Waals surface area contributed by atoms with Gasteiger partial charge in [0.15, 0.2) is 0 Å². The van der Waals surface area contributed by atoms with Gasteiger partial charge in [0.1, 0.15) is 0 Å². The summed E-state index contributed by atoms with van der Waals surface area (Å²) in [5.41, 5.74) is 0. The standard InChI is InChI=1S/C8H18N2O/c1-3-7-6-10(9)5-4-8(7)11-2/h7-8H,3-6,9H2,1-2H3. The van der Waals surface area contributed by atoms with Crippen LogP contribution in [0.25, 0.3) is 0 Å². The maximum atomic E-state index is 5.70. The van der Waals surface area contributed by atoms with Gasteiger partial charge in [-0.2, -0.15) is 0 Å². The molecule has 1 aliphatic heterocycles. The number of hydrogen-bond acceptors (Lipinski definition) is 3. The Bertz CT molecular complexity index is 119. The van der Waals surface area contributed by atoms with Crippen LogP contribution in [0.1, 0.15) is 19.8 Å². The first kappa shape index (κ1) is 8.97. The summed E-state index contributed by atoms with van der Waals surface area (Å²) in [6, 6.07) is 0. The van der Waals surface area contributed by atoms with Crippen LogP contribution in [0.3, 0.4) is 0 Å². The van der Waals surface area contributed by atoms with Gasteiger partial charge in [-0.3, -0.25) is 5.84 Å². The van der Waals surface area contributed by atoms with E-state index in [1.807, 2.05) is 5.01 Å². The number of rotatable bonds is 2. The zero-order valence-corrected chi connectivity index (χ0v) is 7.42. The van der Waals surface area contributed by atoms with Crippen LogP contribution < -0.4 is 5.84 Å². The number of hydrazine groups is 1. The van der Waals surface area contributed by atoms with Gasteiger partial charge < -0.3 is 4.74 Å². The molecule has 0 aromatic carbocycles. The molecule has 0 saturated carbocycles. The highest BCUT2D eigenvalue weighted by molar-refractivity contribution is 4.77. The molecule has 0 aromatic heterocycles. The van der Waals surface area contributed by atoms with Crippen LogP contribution in [0, 0.1) is 5.92 Å². The Morgan fingerprint density at radius 1 is 1.64 bits per heavy atom. The van der Waals surface area contributed by atoms with Crippen LogP contribution >= 0.6 is 0 Å². The highest BCUT2D eigenvalue weighted by Crippen LogP contribution is 2.20. The van der Waals surface area contributed by atoms with Gasteiger partial charge in [-0.05, 0) is 18.8 Å². The Kier molecular flexibility index (Phi) is 3.30. The lowest BCUT2D eigenvalue weighted by Crippen LogP contribution is -2.46. The van der Waals surface area contributed by atoms with E-state index in [0.717, 1.165) is 25.9 Å². The minimum atomic E-state index is 0.430. The van der Waals surface area contributed by atoms with Crippen LogP contribution in [0.2, 0.25) is 0 Å². The molecule has 0 spiro atoms. The van der Waals surface area contributed by atoms with Crippen molar-refractivity contribution in [2.45, 2.75) is 25.9 Å². The molecular weight excluding hydrogens is 140 g/mol. The fourth-order valence-electron chi connectivity index (χ4n) is 1.74. The van der Waals surface area contributed by atoms with E-state index in [9.17, 15) is 0 Å². The van der Waals surface area contributed by atoms with E-state index in [0.29, 0.717) is 12.0 Å². The second-order valence-corrected chi connectivity index (χ2v) is 3.23. The zero-order valence-electron chi connectivity index (χ0n) is 7.42. The monoisotopic (exact) mass is 158 g/mol. The molecule has 1 fully saturated rings. The average molecular weight is 158 g/mol. The lowest BCUT2D eigenvalue weighted by atomic mass is 9.93. The molecule has 0 amide bonds. The first-order valence-electron chi connectivity index (χ1n) is 4.30. The topological polar surface area (TPSA) is 38.5 Å². The van der Waals surface area contributed by atoms with Gasteiger partial charge >= 0.3 is 0 Å². The molecule has 0 aliphatic carbocycles. The number of methoxy groups -OCH3 is 1. The van der Waals surface area contributed by atoms with E-state index in [2.05, 4.69) is 6.92 Å². The molecule has 1 saturated heterocycles. The van der Waals surface area contributed by atoms with Crippen LogP contribution in [0.5, 0.6) is 0 Å². The summed E-state index contributed by atoms with van der Waals surface area (Å²) in [4.78, 5) is 0. The third-order valence-electron chi connectivity index (χ3n) is 2.52. The normalized spacial score (nSPS) is 34.1. The Hall–Kier alpha value is -0.120. The average Bonchev–Trinajstić information content (AvgIpc) is 2.04. The lowest BCUT2D eigenvalue weighted by Gasteiger charge is -2.34. The Labute approximate surface area is 68.5 Å². The van der Waals surface area contributed by atoms with Gasteiger partial charge in [-0.15, -0.1) is 0 Å². The van der Waals surface area contributed by atoms with Crippen molar-refractivity contribution in [1.29, 1.82) is 0 Å². The number of hydrogen-bond donors (Lipinski definition) is 1. The quantitative estimate of drug-likeness (QED) is 0.598. The molecule has 3 heteroatoms. The van der Waals surface area contributed by atoms with Crippen LogP contribution in [-0.4, -0.2) is 31.3 Å². The van der Waals surface area contributed by atoms with Gasteiger partial charge in [0.2, 0.25) is 0 Å². The summed E-state index contributed by atoms with van der Waals surface area (Å²) >= 11 is 0. The van der Waals surface area contributed by atoms with Crippen molar-refractivity contribution in [1.82, 2.24) is 5.01 Å². The fraction of sp³-hybridized carbons (Fsp3) is 1.00. The van der Waals surface area contributed by atoms with Gasteiger partial charge in [-0.25, -0.2) is 5.01 Å². The van der Waals surface area contributed by atoms with E-state index in [1.54, 1.807) is 7.11 Å². The molecule has 0 radical (unpaired) electrons. The third kappa shape index (κ3) is 2.15. The van der Waals surface area contributed by atoms with Crippen molar-refractivity contribution in [2.75, 3.05) is 20.2 Å². The minimum Gasteiger partial charge on any atom is -0.381 e. The third-order valence-corrected chi connectivity index (χ3v) is 2.52. The highest BCUT2D eigenvalue weighted by Gasteiger charge is 2.25. The molecule has 2 unspecified atom stereocenters. The van der Waals surface area contributed by atoms with Gasteiger partial charge in [0, 0.05) is 20.2 Å². The predicted octanol–water partition coefficient (Wildman–Crippen LogP) is 0.607. The van der Waals surface area contributed by atoms with Crippen molar-refractivity contribution in [3.05, 3.63) is 0 Å². The lowest BCUT2D eigenvalue weighted by molar-refractivity contribution is -0.00799. The summed E-state index contributed by atoms with van der Waals surface area (Å²) in [5.74, 6) is 6.32. The van der Waals surface area contributed by atoms with Crippen LogP contribution in [0.4, 0.5) is 0 Å². The van der Waals surface area contributed by atoms with E-state index in [4.69, 9.17) is 10.6 Å². The van der Waals surface area contributed by atoms with Gasteiger partial charge in [-0.1, -0.05) is 6.92 Å². The number of piperidine rings is 1. The first-order valence-corrected chi connectivity index (χ1v) is 4.30.